The molecular formula is C42H52IrN3O2S-. The van der Waals surface area contributed by atoms with Gasteiger partial charge in [0.2, 0.25) is 0 Å². The van der Waals surface area contributed by atoms with E-state index >= 15 is 0 Å². The van der Waals surface area contributed by atoms with E-state index in [0.29, 0.717) is 5.92 Å². The molecule has 0 saturated carbocycles. The van der Waals surface area contributed by atoms with E-state index in [4.69, 9.17) is 0 Å². The number of aliphatic hydroxyl groups is 1. The van der Waals surface area contributed by atoms with Gasteiger partial charge in [-0.1, -0.05) is 91.5 Å². The molecule has 0 unspecified atom stereocenters. The molecule has 5 nitrogen and oxygen atoms in total. The number of nitrogens with zero attached hydrogens (tertiary/aromatic N) is 3. The van der Waals surface area contributed by atoms with Crippen LogP contribution in [0.4, 0.5) is 0 Å². The van der Waals surface area contributed by atoms with Crippen molar-refractivity contribution in [3.63, 3.8) is 0 Å². The maximum Gasteiger partial charge on any atom is 0.162 e. The number of benzene rings is 2. The Morgan fingerprint density at radius 3 is 2.20 bits per heavy atom. The predicted octanol–water partition coefficient (Wildman–Crippen LogP) is 11.7. The van der Waals surface area contributed by atoms with Gasteiger partial charge >= 0.3 is 0 Å². The van der Waals surface area contributed by atoms with Crippen LogP contribution in [-0.2, 0) is 36.7 Å². The van der Waals surface area contributed by atoms with Gasteiger partial charge in [-0.15, -0.1) is 40.5 Å². The number of carbonyl (C=O) groups is 1. The molecule has 49 heavy (non-hydrogen) atoms. The molecule has 7 heteroatoms. The van der Waals surface area contributed by atoms with Crippen molar-refractivity contribution >= 4 is 38.0 Å². The van der Waals surface area contributed by atoms with E-state index in [1.165, 1.54) is 32.0 Å². The maximum absolute atomic E-state index is 11.7. The van der Waals surface area contributed by atoms with Crippen molar-refractivity contribution in [3.8, 4) is 22.5 Å². The van der Waals surface area contributed by atoms with E-state index < -0.39 is 0 Å². The number of aromatic nitrogens is 3. The van der Waals surface area contributed by atoms with Crippen LogP contribution in [0.25, 0.3) is 43.4 Å². The minimum absolute atomic E-state index is 0. The van der Waals surface area contributed by atoms with Gasteiger partial charge in [-0.05, 0) is 55.6 Å². The Hall–Kier alpha value is -3.25. The molecule has 0 bridgehead atoms. The molecule has 3 aromatic heterocycles. The van der Waals surface area contributed by atoms with Gasteiger partial charge < -0.3 is 5.11 Å². The van der Waals surface area contributed by atoms with Crippen molar-refractivity contribution in [2.45, 2.75) is 99.8 Å². The van der Waals surface area contributed by atoms with Crippen LogP contribution in [0, 0.1) is 23.8 Å². The fourth-order valence-electron chi connectivity index (χ4n) is 6.12. The zero-order valence-corrected chi connectivity index (χ0v) is 33.8. The van der Waals surface area contributed by atoms with Crippen LogP contribution in [0.15, 0.2) is 73.0 Å². The summed E-state index contributed by atoms with van der Waals surface area (Å²) in [5.74, 6) is 1.17. The normalized spacial score (nSPS) is 12.0. The summed E-state index contributed by atoms with van der Waals surface area (Å²) >= 11 is 1.85. The summed E-state index contributed by atoms with van der Waals surface area (Å²) in [4.78, 5) is 26.9. The van der Waals surface area contributed by atoms with Gasteiger partial charge in [0.05, 0.1) is 11.5 Å². The van der Waals surface area contributed by atoms with Crippen LogP contribution in [0.2, 0.25) is 0 Å². The van der Waals surface area contributed by atoms with Crippen molar-refractivity contribution in [1.82, 2.24) is 15.0 Å². The zero-order chi connectivity index (χ0) is 35.0. The van der Waals surface area contributed by atoms with E-state index in [-0.39, 0.29) is 48.9 Å². The van der Waals surface area contributed by atoms with Crippen molar-refractivity contribution in [3.05, 3.63) is 89.5 Å². The van der Waals surface area contributed by atoms with Crippen molar-refractivity contribution in [1.29, 1.82) is 0 Å². The second-order valence-electron chi connectivity index (χ2n) is 14.1. The molecule has 3 heterocycles. The van der Waals surface area contributed by atoms with E-state index in [2.05, 4.69) is 98.1 Å². The number of rotatable bonds is 11. The molecule has 0 aliphatic rings. The summed E-state index contributed by atoms with van der Waals surface area (Å²) in [6, 6.07) is 18.6. The molecule has 0 fully saturated rings. The molecule has 2 aromatic carbocycles. The first-order valence-electron chi connectivity index (χ1n) is 17.5. The van der Waals surface area contributed by atoms with Crippen LogP contribution in [-0.4, -0.2) is 25.8 Å². The van der Waals surface area contributed by atoms with Crippen LogP contribution < -0.4 is 0 Å². The van der Waals surface area contributed by atoms with Crippen LogP contribution >= 0.6 is 11.3 Å². The van der Waals surface area contributed by atoms with E-state index in [0.717, 1.165) is 60.0 Å². The number of carbonyl (C=O) groups excluding carboxylic acids is 1. The fraction of sp³-hybridized carbons (Fsp3) is 0.429. The molecule has 0 saturated heterocycles. The third-order valence-corrected chi connectivity index (χ3v) is 10.2. The second kappa shape index (κ2) is 18.1. The molecule has 0 spiro atoms. The van der Waals surface area contributed by atoms with E-state index in [1.807, 2.05) is 51.4 Å². The van der Waals surface area contributed by atoms with Gasteiger partial charge in [-0.3, -0.25) is 14.8 Å². The number of allylic oxidation sites excluding steroid dienone is 2. The molecule has 1 radical (unpaired) electrons. The Kier molecular flexibility index (Phi) is 14.9. The number of thiophene rings is 1. The molecular weight excluding hydrogens is 803 g/mol. The molecule has 5 rings (SSSR count). The summed E-state index contributed by atoms with van der Waals surface area (Å²) in [6.45, 7) is 19.3. The monoisotopic (exact) mass is 855 g/mol. The number of aliphatic hydroxyl groups excluding tert-OH is 1. The molecule has 263 valence electrons. The Balaban J connectivity index is 0.000000347. The summed E-state index contributed by atoms with van der Waals surface area (Å²) in [5.41, 5.74) is 5.15. The maximum atomic E-state index is 11.7. The predicted molar refractivity (Wildman–Crippen MR) is 204 cm³/mol. The van der Waals surface area contributed by atoms with E-state index in [1.54, 1.807) is 6.33 Å². The number of pyridine rings is 1. The Morgan fingerprint density at radius 2 is 1.57 bits per heavy atom. The first-order valence-corrected chi connectivity index (χ1v) is 18.3. The number of ketones is 1. The third kappa shape index (κ3) is 10.2. The van der Waals surface area contributed by atoms with Crippen LogP contribution in [0.5, 0.6) is 0 Å². The molecule has 0 aliphatic carbocycles. The average molecular weight is 855 g/mol. The smallest absolute Gasteiger partial charge is 0.162 e. The SMILES string of the molecule is CC(C)Cc1cc2cncc(-c3cc(-c4[c-]c5ccccc5c(C(C)(C)C)c4)ncn3)c2s1.CCC(CC)C(=O)/C=C(\O)C(CC)CC.[Ir]. The van der Waals surface area contributed by atoms with Crippen molar-refractivity contribution in [2.24, 2.45) is 17.8 Å². The van der Waals surface area contributed by atoms with Crippen molar-refractivity contribution < 1.29 is 30.0 Å². The van der Waals surface area contributed by atoms with Gasteiger partial charge in [0.1, 0.15) is 6.33 Å². The Morgan fingerprint density at radius 1 is 0.918 bits per heavy atom. The average Bonchev–Trinajstić information content (AvgIpc) is 3.47. The Bertz CT molecular complexity index is 1860. The molecule has 5 aromatic rings. The standard InChI is InChI=1S/C29H28N3S.C13H24O2.Ir/c1-18(2)10-22-12-21-15-30-16-24(28(21)33-22)27-14-26(31-17-32-27)20-11-19-8-6-7-9-23(19)25(13-20)29(3,4)5;1-5-10(6-2)12(14)9-13(15)11(7-3)8-4;/h6-9,12-18H,10H2,1-5H3;9-11,14H,5-8H2,1-4H3;/q-1;;/b;12-9-;. The minimum Gasteiger partial charge on any atom is -0.512 e. The topological polar surface area (TPSA) is 76.0 Å². The fourth-order valence-corrected chi connectivity index (χ4v) is 7.48. The van der Waals surface area contributed by atoms with Gasteiger partial charge in [0.25, 0.3) is 0 Å². The first kappa shape index (κ1) is 40.2. The van der Waals surface area contributed by atoms with Crippen LogP contribution in [0.3, 0.4) is 0 Å². The van der Waals surface area contributed by atoms with Gasteiger partial charge in [0.15, 0.2) is 5.78 Å². The summed E-state index contributed by atoms with van der Waals surface area (Å²) < 4.78 is 1.24. The number of hydrogen-bond acceptors (Lipinski definition) is 6. The third-order valence-electron chi connectivity index (χ3n) is 8.97. The van der Waals surface area contributed by atoms with E-state index in [9.17, 15) is 9.90 Å². The van der Waals surface area contributed by atoms with Gasteiger partial charge in [-0.25, -0.2) is 4.98 Å². The van der Waals surface area contributed by atoms with Crippen molar-refractivity contribution in [2.75, 3.05) is 0 Å². The molecule has 0 amide bonds. The summed E-state index contributed by atoms with van der Waals surface area (Å²) in [6.07, 6.45) is 11.5. The second-order valence-corrected chi connectivity index (χ2v) is 15.2. The summed E-state index contributed by atoms with van der Waals surface area (Å²) in [7, 11) is 0. The van der Waals surface area contributed by atoms with Crippen LogP contribution in [0.1, 0.15) is 98.4 Å². The minimum atomic E-state index is 0. The molecule has 0 atom stereocenters. The molecule has 0 aliphatic heterocycles. The number of fused-ring (bicyclic) bond motifs is 2. The van der Waals surface area contributed by atoms with Gasteiger partial charge in [0, 0.05) is 76.6 Å². The zero-order valence-electron chi connectivity index (χ0n) is 30.6. The Labute approximate surface area is 311 Å². The molecule has 1 N–H and O–H groups in total. The quantitative estimate of drug-likeness (QED) is 0.0814. The first-order chi connectivity index (χ1) is 22.9. The summed E-state index contributed by atoms with van der Waals surface area (Å²) in [5, 5.41) is 13.3. The largest absolute Gasteiger partial charge is 0.512 e. The van der Waals surface area contributed by atoms with Gasteiger partial charge in [-0.2, -0.15) is 0 Å². The number of hydrogen-bond donors (Lipinski definition) is 1.